The Morgan fingerprint density at radius 2 is 1.90 bits per heavy atom. The first-order valence-electron chi connectivity index (χ1n) is 9.40. The summed E-state index contributed by atoms with van der Waals surface area (Å²) in [5, 5.41) is 8.38. The number of hydrogen-bond acceptors (Lipinski definition) is 6. The number of benzene rings is 2. The number of amides is 1. The molecule has 0 N–H and O–H groups in total. The zero-order chi connectivity index (χ0) is 21.1. The van der Waals surface area contributed by atoms with Crippen molar-refractivity contribution in [2.75, 3.05) is 26.5 Å². The van der Waals surface area contributed by atoms with Crippen LogP contribution in [0.15, 0.2) is 47.9 Å². The molecule has 1 amide bonds. The molecule has 0 saturated carbocycles. The lowest BCUT2D eigenvalue weighted by molar-refractivity contribution is -0.129. The lowest BCUT2D eigenvalue weighted by atomic mass is 9.99. The van der Waals surface area contributed by atoms with Crippen molar-refractivity contribution >= 4 is 17.7 Å². The largest absolute Gasteiger partial charge is 0.493 e. The summed E-state index contributed by atoms with van der Waals surface area (Å²) in [4.78, 5) is 14.6. The number of carbonyl (C=O) groups is 1. The SMILES string of the molecule is COc1cc2c(cc1OC)CN(C(=O)CSc1nncn1-c1ccccc1F)CC2. The van der Waals surface area contributed by atoms with Crippen molar-refractivity contribution in [3.63, 3.8) is 0 Å². The van der Waals surface area contributed by atoms with E-state index < -0.39 is 0 Å². The summed E-state index contributed by atoms with van der Waals surface area (Å²) in [7, 11) is 3.21. The van der Waals surface area contributed by atoms with Crippen LogP contribution >= 0.6 is 11.8 Å². The van der Waals surface area contributed by atoms with E-state index in [1.54, 1.807) is 37.0 Å². The van der Waals surface area contributed by atoms with E-state index in [-0.39, 0.29) is 17.5 Å². The molecule has 2 heterocycles. The minimum atomic E-state index is -0.373. The molecule has 9 heteroatoms. The molecule has 3 aromatic rings. The predicted molar refractivity (Wildman–Crippen MR) is 111 cm³/mol. The number of nitrogens with zero attached hydrogens (tertiary/aromatic N) is 4. The lowest BCUT2D eigenvalue weighted by Crippen LogP contribution is -2.37. The molecule has 1 aliphatic heterocycles. The molecule has 0 unspecified atom stereocenters. The van der Waals surface area contributed by atoms with Gasteiger partial charge in [-0.1, -0.05) is 23.9 Å². The second kappa shape index (κ2) is 8.74. The van der Waals surface area contributed by atoms with Crippen LogP contribution in [-0.4, -0.2) is 52.1 Å². The highest BCUT2D eigenvalue weighted by Gasteiger charge is 2.23. The fourth-order valence-corrected chi connectivity index (χ4v) is 4.27. The Morgan fingerprint density at radius 3 is 2.63 bits per heavy atom. The van der Waals surface area contributed by atoms with Gasteiger partial charge in [0.25, 0.3) is 0 Å². The first-order chi connectivity index (χ1) is 14.6. The van der Waals surface area contributed by atoms with E-state index >= 15 is 0 Å². The third-order valence-corrected chi connectivity index (χ3v) is 5.95. The van der Waals surface area contributed by atoms with Gasteiger partial charge in [0.05, 0.1) is 25.7 Å². The quantitative estimate of drug-likeness (QED) is 0.562. The summed E-state index contributed by atoms with van der Waals surface area (Å²) < 4.78 is 26.4. The number of methoxy groups -OCH3 is 2. The molecule has 7 nitrogen and oxygen atoms in total. The number of carbonyl (C=O) groups excluding carboxylic acids is 1. The predicted octanol–water partition coefficient (Wildman–Crippen LogP) is 3.10. The number of thioether (sulfide) groups is 1. The highest BCUT2D eigenvalue weighted by molar-refractivity contribution is 7.99. The molecule has 0 aliphatic carbocycles. The monoisotopic (exact) mass is 428 g/mol. The summed E-state index contributed by atoms with van der Waals surface area (Å²) in [6.07, 6.45) is 2.19. The van der Waals surface area contributed by atoms with Gasteiger partial charge >= 0.3 is 0 Å². The minimum Gasteiger partial charge on any atom is -0.493 e. The van der Waals surface area contributed by atoms with Crippen LogP contribution in [0.3, 0.4) is 0 Å². The normalized spacial score (nSPS) is 13.1. The van der Waals surface area contributed by atoms with Crippen molar-refractivity contribution < 1.29 is 18.7 Å². The van der Waals surface area contributed by atoms with Crippen LogP contribution in [0.1, 0.15) is 11.1 Å². The molecule has 1 aliphatic rings. The van der Waals surface area contributed by atoms with E-state index in [2.05, 4.69) is 10.2 Å². The highest BCUT2D eigenvalue weighted by Crippen LogP contribution is 2.33. The summed E-state index contributed by atoms with van der Waals surface area (Å²) >= 11 is 1.24. The van der Waals surface area contributed by atoms with Gasteiger partial charge in [-0.3, -0.25) is 9.36 Å². The average molecular weight is 428 g/mol. The van der Waals surface area contributed by atoms with Crippen LogP contribution in [0.2, 0.25) is 0 Å². The Hall–Kier alpha value is -3.07. The molecule has 30 heavy (non-hydrogen) atoms. The van der Waals surface area contributed by atoms with Crippen molar-refractivity contribution in [2.45, 2.75) is 18.1 Å². The van der Waals surface area contributed by atoms with Gasteiger partial charge in [-0.05, 0) is 41.8 Å². The van der Waals surface area contributed by atoms with Crippen LogP contribution in [0.25, 0.3) is 5.69 Å². The van der Waals surface area contributed by atoms with Gasteiger partial charge in [0, 0.05) is 13.1 Å². The molecule has 1 aromatic heterocycles. The summed E-state index contributed by atoms with van der Waals surface area (Å²) in [5.74, 6) is 1.15. The average Bonchev–Trinajstić information content (AvgIpc) is 3.24. The summed E-state index contributed by atoms with van der Waals surface area (Å²) in [6, 6.07) is 10.3. The van der Waals surface area contributed by atoms with Gasteiger partial charge in [0.15, 0.2) is 16.7 Å². The topological polar surface area (TPSA) is 69.5 Å². The van der Waals surface area contributed by atoms with Crippen molar-refractivity contribution in [1.82, 2.24) is 19.7 Å². The molecule has 0 radical (unpaired) electrons. The second-order valence-corrected chi connectivity index (χ2v) is 7.71. The smallest absolute Gasteiger partial charge is 0.233 e. The van der Waals surface area contributed by atoms with Crippen molar-refractivity contribution in [2.24, 2.45) is 0 Å². The van der Waals surface area contributed by atoms with Crippen LogP contribution < -0.4 is 9.47 Å². The molecule has 4 rings (SSSR count). The zero-order valence-electron chi connectivity index (χ0n) is 16.7. The Kier molecular flexibility index (Phi) is 5.89. The van der Waals surface area contributed by atoms with Gasteiger partial charge in [-0.25, -0.2) is 4.39 Å². The first-order valence-corrected chi connectivity index (χ1v) is 10.4. The maximum Gasteiger partial charge on any atom is 0.233 e. The van der Waals surface area contributed by atoms with Crippen molar-refractivity contribution in [3.8, 4) is 17.2 Å². The Morgan fingerprint density at radius 1 is 1.17 bits per heavy atom. The molecular formula is C21H21FN4O3S. The van der Waals surface area contributed by atoms with Crippen molar-refractivity contribution in [3.05, 3.63) is 59.7 Å². The van der Waals surface area contributed by atoms with E-state index in [0.29, 0.717) is 35.4 Å². The van der Waals surface area contributed by atoms with E-state index in [4.69, 9.17) is 9.47 Å². The maximum atomic E-state index is 14.1. The molecule has 0 fully saturated rings. The fraction of sp³-hybridized carbons (Fsp3) is 0.286. The number of halogens is 1. The fourth-order valence-electron chi connectivity index (χ4n) is 3.45. The minimum absolute atomic E-state index is 0.0106. The Labute approximate surface area is 177 Å². The lowest BCUT2D eigenvalue weighted by Gasteiger charge is -2.29. The third-order valence-electron chi connectivity index (χ3n) is 5.02. The van der Waals surface area contributed by atoms with Crippen LogP contribution in [0, 0.1) is 5.82 Å². The number of ether oxygens (including phenoxy) is 2. The summed E-state index contributed by atoms with van der Waals surface area (Å²) in [6.45, 7) is 1.14. The molecular weight excluding hydrogens is 407 g/mol. The van der Waals surface area contributed by atoms with E-state index in [9.17, 15) is 9.18 Å². The molecule has 156 valence electrons. The van der Waals surface area contributed by atoms with Crippen molar-refractivity contribution in [1.29, 1.82) is 0 Å². The maximum absolute atomic E-state index is 14.1. The first kappa shape index (κ1) is 20.2. The van der Waals surface area contributed by atoms with Crippen LogP contribution in [0.5, 0.6) is 11.5 Å². The van der Waals surface area contributed by atoms with E-state index in [1.165, 1.54) is 24.2 Å². The molecule has 0 atom stereocenters. The van der Waals surface area contributed by atoms with E-state index in [1.807, 2.05) is 17.0 Å². The van der Waals surface area contributed by atoms with Gasteiger partial charge in [0.1, 0.15) is 12.1 Å². The number of fused-ring (bicyclic) bond motifs is 1. The Balaban J connectivity index is 1.44. The van der Waals surface area contributed by atoms with Gasteiger partial charge < -0.3 is 14.4 Å². The van der Waals surface area contributed by atoms with Gasteiger partial charge in [-0.15, -0.1) is 10.2 Å². The Bertz CT molecular complexity index is 1070. The molecule has 0 saturated heterocycles. The van der Waals surface area contributed by atoms with Gasteiger partial charge in [-0.2, -0.15) is 0 Å². The summed E-state index contributed by atoms with van der Waals surface area (Å²) in [5.41, 5.74) is 2.56. The standard InChI is InChI=1S/C21H21FN4O3S/c1-28-18-9-14-7-8-25(11-15(14)10-19(18)29-2)20(27)12-30-21-24-23-13-26(21)17-6-4-3-5-16(17)22/h3-6,9-10,13H,7-8,11-12H2,1-2H3. The van der Waals surface area contributed by atoms with Crippen LogP contribution in [-0.2, 0) is 17.8 Å². The third kappa shape index (κ3) is 3.97. The number of para-hydroxylation sites is 1. The molecule has 0 spiro atoms. The van der Waals surface area contributed by atoms with E-state index in [0.717, 1.165) is 17.5 Å². The number of hydrogen-bond donors (Lipinski definition) is 0. The second-order valence-electron chi connectivity index (χ2n) is 6.76. The van der Waals surface area contributed by atoms with Gasteiger partial charge in [0.2, 0.25) is 5.91 Å². The number of aromatic nitrogens is 3. The molecule has 0 bridgehead atoms. The van der Waals surface area contributed by atoms with Crippen LogP contribution in [0.4, 0.5) is 4.39 Å². The number of rotatable bonds is 6. The molecule has 2 aromatic carbocycles. The zero-order valence-corrected chi connectivity index (χ0v) is 17.5. The highest BCUT2D eigenvalue weighted by atomic mass is 32.2.